The molecule has 34 heavy (non-hydrogen) atoms. The summed E-state index contributed by atoms with van der Waals surface area (Å²) in [6, 6.07) is 28.4. The molecule has 4 aromatic rings. The van der Waals surface area contributed by atoms with Crippen LogP contribution in [0.25, 0.3) is 22.9 Å². The molecule has 4 aromatic carbocycles. The van der Waals surface area contributed by atoms with Crippen molar-refractivity contribution in [2.75, 3.05) is 7.11 Å². The molecule has 5 aliphatic carbocycles. The molecule has 0 fully saturated rings. The Morgan fingerprint density at radius 3 is 2.29 bits per heavy atom. The molecular formula is C32H22O2. The van der Waals surface area contributed by atoms with Crippen LogP contribution >= 0.6 is 0 Å². The number of rotatable bonds is 1. The summed E-state index contributed by atoms with van der Waals surface area (Å²) in [5, 5.41) is 2.41. The summed E-state index contributed by atoms with van der Waals surface area (Å²) < 4.78 is 5.50. The lowest BCUT2D eigenvalue weighted by molar-refractivity contribution is -0.137. The van der Waals surface area contributed by atoms with Gasteiger partial charge < -0.3 is 4.74 Å². The van der Waals surface area contributed by atoms with Crippen LogP contribution in [0.5, 0.6) is 0 Å². The van der Waals surface area contributed by atoms with Crippen LogP contribution in [0.3, 0.4) is 0 Å². The average Bonchev–Trinajstić information content (AvgIpc) is 2.90. The summed E-state index contributed by atoms with van der Waals surface area (Å²) in [5.41, 5.74) is 9.24. The zero-order chi connectivity index (χ0) is 22.6. The number of fused-ring (bicyclic) bond motifs is 2. The van der Waals surface area contributed by atoms with Crippen LogP contribution < -0.4 is 0 Å². The molecule has 2 unspecified atom stereocenters. The monoisotopic (exact) mass is 438 g/mol. The molecule has 0 aromatic heterocycles. The Kier molecular flexibility index (Phi) is 3.35. The molecule has 0 saturated heterocycles. The van der Waals surface area contributed by atoms with E-state index in [4.69, 9.17) is 4.74 Å². The zero-order valence-corrected chi connectivity index (χ0v) is 18.8. The van der Waals surface area contributed by atoms with Gasteiger partial charge in [0.25, 0.3) is 0 Å². The third kappa shape index (κ3) is 1.90. The van der Waals surface area contributed by atoms with Crippen molar-refractivity contribution in [3.8, 4) is 0 Å². The second-order valence-electron chi connectivity index (χ2n) is 9.94. The maximum Gasteiger partial charge on any atom is 0.335 e. The molecule has 9 rings (SSSR count). The van der Waals surface area contributed by atoms with Gasteiger partial charge in [0.2, 0.25) is 0 Å². The van der Waals surface area contributed by atoms with Crippen LogP contribution in [0.15, 0.2) is 90.5 Å². The fourth-order valence-electron chi connectivity index (χ4n) is 7.74. The minimum atomic E-state index is -0.561. The van der Waals surface area contributed by atoms with Gasteiger partial charge in [-0.2, -0.15) is 0 Å². The third-order valence-corrected chi connectivity index (χ3v) is 8.77. The molecule has 0 heterocycles. The summed E-state index contributed by atoms with van der Waals surface area (Å²) in [4.78, 5) is 13.7. The Morgan fingerprint density at radius 1 is 0.882 bits per heavy atom. The lowest BCUT2D eigenvalue weighted by Crippen LogP contribution is -2.54. The van der Waals surface area contributed by atoms with E-state index in [-0.39, 0.29) is 23.7 Å². The van der Waals surface area contributed by atoms with Crippen LogP contribution in [-0.4, -0.2) is 13.1 Å². The summed E-state index contributed by atoms with van der Waals surface area (Å²) in [6.45, 7) is 0. The maximum absolute atomic E-state index is 13.7. The first kappa shape index (κ1) is 18.5. The van der Waals surface area contributed by atoms with E-state index in [1.807, 2.05) is 0 Å². The molecule has 162 valence electrons. The minimum absolute atomic E-state index is 0.154. The largest absolute Gasteiger partial charge is 0.466 e. The lowest BCUT2D eigenvalue weighted by Gasteiger charge is -2.60. The van der Waals surface area contributed by atoms with Gasteiger partial charge in [-0.1, -0.05) is 84.9 Å². The minimum Gasteiger partial charge on any atom is -0.466 e. The SMILES string of the molecule is COC(=O)C1=Cc2c3c(cc4ccccc24)C=CC2C4c5ccccc5C1(c1ccccc14)C32. The molecule has 2 nitrogen and oxygen atoms in total. The van der Waals surface area contributed by atoms with Gasteiger partial charge in [-0.05, 0) is 67.8 Å². The fourth-order valence-corrected chi connectivity index (χ4v) is 7.74. The Hall–Kier alpha value is -3.91. The highest BCUT2D eigenvalue weighted by Crippen LogP contribution is 2.70. The van der Waals surface area contributed by atoms with E-state index in [0.717, 1.165) is 5.57 Å². The molecule has 2 atom stereocenters. The van der Waals surface area contributed by atoms with Gasteiger partial charge in [-0.3, -0.25) is 0 Å². The van der Waals surface area contributed by atoms with Gasteiger partial charge in [-0.15, -0.1) is 0 Å². The van der Waals surface area contributed by atoms with Gasteiger partial charge in [0.1, 0.15) is 0 Å². The Bertz CT molecular complexity index is 1590. The molecule has 0 N–H and O–H groups in total. The number of carbonyl (C=O) groups excluding carboxylic acids is 1. The van der Waals surface area contributed by atoms with Crippen LogP contribution in [0, 0.1) is 5.92 Å². The Balaban J connectivity index is 1.62. The molecule has 0 saturated carbocycles. The number of hydrogen-bond donors (Lipinski definition) is 0. The number of allylic oxidation sites excluding steroid dienone is 1. The standard InChI is InChI=1S/C32H22O2/c1-34-31(33)27-17-24-20-9-3-2-8-18(20)16-19-14-15-23-29-21-10-4-6-12-25(21)32(27,30(23)28(19)24)26-13-7-5-11-22(26)29/h2-17,23,29-30H,1H3. The molecule has 2 bridgehead atoms. The van der Waals surface area contributed by atoms with Crippen molar-refractivity contribution >= 4 is 28.9 Å². The van der Waals surface area contributed by atoms with E-state index in [0.29, 0.717) is 0 Å². The number of esters is 1. The number of benzene rings is 4. The summed E-state index contributed by atoms with van der Waals surface area (Å²) >= 11 is 0. The predicted octanol–water partition coefficient (Wildman–Crippen LogP) is 6.58. The number of carbonyl (C=O) groups is 1. The first-order valence-electron chi connectivity index (χ1n) is 12.0. The summed E-state index contributed by atoms with van der Waals surface area (Å²) in [6.07, 6.45) is 6.89. The lowest BCUT2D eigenvalue weighted by atomic mass is 9.41. The van der Waals surface area contributed by atoms with Crippen LogP contribution in [-0.2, 0) is 14.9 Å². The topological polar surface area (TPSA) is 26.3 Å². The predicted molar refractivity (Wildman–Crippen MR) is 135 cm³/mol. The maximum atomic E-state index is 13.7. The molecule has 0 aliphatic heterocycles. The highest BCUT2D eigenvalue weighted by molar-refractivity contribution is 6.06. The first-order valence-corrected chi connectivity index (χ1v) is 12.0. The van der Waals surface area contributed by atoms with Crippen molar-refractivity contribution < 1.29 is 9.53 Å². The molecule has 0 amide bonds. The van der Waals surface area contributed by atoms with Gasteiger partial charge in [0, 0.05) is 11.8 Å². The number of methoxy groups -OCH3 is 1. The van der Waals surface area contributed by atoms with Crippen molar-refractivity contribution in [2.45, 2.75) is 17.3 Å². The van der Waals surface area contributed by atoms with Crippen molar-refractivity contribution in [1.82, 2.24) is 0 Å². The van der Waals surface area contributed by atoms with Crippen molar-refractivity contribution in [3.05, 3.63) is 129 Å². The Labute approximate surface area is 198 Å². The van der Waals surface area contributed by atoms with Crippen LogP contribution in [0.4, 0.5) is 0 Å². The molecular weight excluding hydrogens is 416 g/mol. The van der Waals surface area contributed by atoms with E-state index in [1.54, 1.807) is 0 Å². The second-order valence-corrected chi connectivity index (χ2v) is 9.94. The average molecular weight is 439 g/mol. The summed E-state index contributed by atoms with van der Waals surface area (Å²) in [7, 11) is 1.51. The first-order chi connectivity index (χ1) is 16.7. The highest BCUT2D eigenvalue weighted by Gasteiger charge is 2.64. The van der Waals surface area contributed by atoms with Gasteiger partial charge >= 0.3 is 5.97 Å². The third-order valence-electron chi connectivity index (χ3n) is 8.77. The highest BCUT2D eigenvalue weighted by atomic mass is 16.5. The van der Waals surface area contributed by atoms with Gasteiger partial charge in [0.05, 0.1) is 18.1 Å². The normalized spacial score (nSPS) is 26.4. The zero-order valence-electron chi connectivity index (χ0n) is 18.8. The Morgan fingerprint density at radius 2 is 1.56 bits per heavy atom. The smallest absolute Gasteiger partial charge is 0.335 e. The van der Waals surface area contributed by atoms with E-state index in [1.165, 1.54) is 56.8 Å². The second kappa shape index (κ2) is 6.15. The van der Waals surface area contributed by atoms with E-state index in [9.17, 15) is 4.79 Å². The van der Waals surface area contributed by atoms with Gasteiger partial charge in [-0.25, -0.2) is 4.79 Å². The molecule has 2 heteroatoms. The van der Waals surface area contributed by atoms with Gasteiger partial charge in [0.15, 0.2) is 0 Å². The quantitative estimate of drug-likeness (QED) is 0.314. The van der Waals surface area contributed by atoms with E-state index < -0.39 is 5.41 Å². The molecule has 0 radical (unpaired) electrons. The van der Waals surface area contributed by atoms with Crippen molar-refractivity contribution in [1.29, 1.82) is 0 Å². The molecule has 1 spiro atoms. The van der Waals surface area contributed by atoms with E-state index in [2.05, 4.69) is 97.1 Å². The van der Waals surface area contributed by atoms with Crippen LogP contribution in [0.1, 0.15) is 50.8 Å². The number of ether oxygens (including phenoxy) is 1. The van der Waals surface area contributed by atoms with Crippen molar-refractivity contribution in [2.24, 2.45) is 5.92 Å². The summed E-state index contributed by atoms with van der Waals surface area (Å²) in [5.74, 6) is 0.477. The number of hydrogen-bond acceptors (Lipinski definition) is 2. The molecule has 5 aliphatic rings. The van der Waals surface area contributed by atoms with E-state index >= 15 is 0 Å². The van der Waals surface area contributed by atoms with Crippen molar-refractivity contribution in [3.63, 3.8) is 0 Å². The fraction of sp³-hybridized carbons (Fsp3) is 0.156. The van der Waals surface area contributed by atoms with Crippen LogP contribution in [0.2, 0.25) is 0 Å².